The second-order valence-electron chi connectivity index (χ2n) is 6.99. The Kier molecular flexibility index (Phi) is 4.97. The molecule has 0 spiro atoms. The summed E-state index contributed by atoms with van der Waals surface area (Å²) in [7, 11) is 0. The molecule has 27 heavy (non-hydrogen) atoms. The monoisotopic (exact) mass is 364 g/mol. The fourth-order valence-electron chi connectivity index (χ4n) is 3.35. The van der Waals surface area contributed by atoms with E-state index < -0.39 is 0 Å². The van der Waals surface area contributed by atoms with E-state index in [0.29, 0.717) is 18.3 Å². The molecule has 0 atom stereocenters. The Labute approximate surface area is 158 Å². The summed E-state index contributed by atoms with van der Waals surface area (Å²) in [5.74, 6) is 2.22. The number of anilines is 2. The first-order valence-corrected chi connectivity index (χ1v) is 9.22. The number of rotatable bonds is 7. The molecule has 1 saturated carbocycles. The number of hydrogen-bond donors (Lipinski definition) is 3. The van der Waals surface area contributed by atoms with Crippen LogP contribution in [0.15, 0.2) is 42.7 Å². The molecule has 2 heterocycles. The Morgan fingerprint density at radius 2 is 1.96 bits per heavy atom. The van der Waals surface area contributed by atoms with Crippen molar-refractivity contribution in [3.05, 3.63) is 59.8 Å². The molecule has 140 valence electrons. The van der Waals surface area contributed by atoms with Crippen molar-refractivity contribution < 1.29 is 0 Å². The number of aryl methyl sites for hydroxylation is 2. The molecule has 1 aromatic carbocycles. The van der Waals surface area contributed by atoms with Crippen molar-refractivity contribution in [2.75, 3.05) is 11.1 Å². The summed E-state index contributed by atoms with van der Waals surface area (Å²) < 4.78 is 2.05. The summed E-state index contributed by atoms with van der Waals surface area (Å²) >= 11 is 0. The van der Waals surface area contributed by atoms with Crippen molar-refractivity contribution in [2.45, 2.75) is 44.3 Å². The highest BCUT2D eigenvalue weighted by molar-refractivity contribution is 5.42. The van der Waals surface area contributed by atoms with Crippen LogP contribution >= 0.6 is 0 Å². The smallest absolute Gasteiger partial charge is 0.222 e. The second kappa shape index (κ2) is 7.71. The number of aromatic nitrogens is 5. The quantitative estimate of drug-likeness (QED) is 0.583. The van der Waals surface area contributed by atoms with E-state index in [1.807, 2.05) is 12.1 Å². The number of nitrogens with one attached hydrogen (secondary N) is 1. The molecular formula is C19H24N8. The highest BCUT2D eigenvalue weighted by atomic mass is 15.3. The normalized spacial score (nSPS) is 18.9. The van der Waals surface area contributed by atoms with Crippen LogP contribution in [0.1, 0.15) is 35.8 Å². The molecule has 4 rings (SSSR count). The largest absolute Gasteiger partial charge is 0.368 e. The fraction of sp³-hybridized carbons (Fsp3) is 0.368. The Hall–Kier alpha value is -3.00. The average molecular weight is 364 g/mol. The van der Waals surface area contributed by atoms with Gasteiger partial charge in [0.2, 0.25) is 5.95 Å². The third-order valence-electron chi connectivity index (χ3n) is 4.96. The van der Waals surface area contributed by atoms with E-state index in [1.165, 1.54) is 5.56 Å². The van der Waals surface area contributed by atoms with Crippen LogP contribution in [0.5, 0.6) is 0 Å². The van der Waals surface area contributed by atoms with E-state index in [-0.39, 0.29) is 12.0 Å². The van der Waals surface area contributed by atoms with Crippen molar-refractivity contribution in [3.8, 4) is 0 Å². The lowest BCUT2D eigenvalue weighted by Gasteiger charge is -2.32. The maximum absolute atomic E-state index is 5.88. The van der Waals surface area contributed by atoms with Crippen LogP contribution in [0.4, 0.5) is 11.8 Å². The predicted octanol–water partition coefficient (Wildman–Crippen LogP) is 1.71. The number of nitrogen functional groups attached to an aromatic ring is 1. The van der Waals surface area contributed by atoms with Gasteiger partial charge in [-0.1, -0.05) is 30.3 Å². The van der Waals surface area contributed by atoms with Crippen molar-refractivity contribution in [3.63, 3.8) is 0 Å². The summed E-state index contributed by atoms with van der Waals surface area (Å²) in [6.07, 6.45) is 4.58. The Balaban J connectivity index is 1.39. The highest BCUT2D eigenvalue weighted by Gasteiger charge is 2.29. The lowest BCUT2D eigenvalue weighted by molar-refractivity contribution is 0.345. The predicted molar refractivity (Wildman–Crippen MR) is 104 cm³/mol. The van der Waals surface area contributed by atoms with Gasteiger partial charge in [0, 0.05) is 24.6 Å². The minimum absolute atomic E-state index is 0.269. The topological polar surface area (TPSA) is 121 Å². The Morgan fingerprint density at radius 3 is 2.74 bits per heavy atom. The van der Waals surface area contributed by atoms with Gasteiger partial charge in [0.15, 0.2) is 5.82 Å². The van der Waals surface area contributed by atoms with Crippen LogP contribution in [0, 0.1) is 0 Å². The van der Waals surface area contributed by atoms with E-state index in [0.717, 1.165) is 37.3 Å². The molecule has 1 aliphatic rings. The SMILES string of the molecule is Nc1nc(NCc2nncn2CCc2ccccc2)cc(C2CC(N)C2)n1. The summed E-state index contributed by atoms with van der Waals surface area (Å²) in [6, 6.07) is 12.6. The standard InChI is InChI=1S/C19H24N8/c20-15-8-14(9-15)16-10-17(25-19(21)24-16)22-11-18-26-23-12-27(18)7-6-13-4-2-1-3-5-13/h1-5,10,12,14-15H,6-9,11,20H2,(H3,21,22,24,25). The zero-order valence-corrected chi connectivity index (χ0v) is 15.1. The van der Waals surface area contributed by atoms with Crippen molar-refractivity contribution >= 4 is 11.8 Å². The van der Waals surface area contributed by atoms with E-state index in [1.54, 1.807) is 6.33 Å². The first-order chi connectivity index (χ1) is 13.2. The van der Waals surface area contributed by atoms with Crippen LogP contribution in [0.2, 0.25) is 0 Å². The first-order valence-electron chi connectivity index (χ1n) is 9.22. The van der Waals surface area contributed by atoms with Gasteiger partial charge in [0.05, 0.1) is 12.2 Å². The van der Waals surface area contributed by atoms with Crippen LogP contribution < -0.4 is 16.8 Å². The average Bonchev–Trinajstić information content (AvgIpc) is 3.10. The van der Waals surface area contributed by atoms with Gasteiger partial charge in [-0.05, 0) is 24.8 Å². The molecule has 0 aliphatic heterocycles. The van der Waals surface area contributed by atoms with E-state index >= 15 is 0 Å². The van der Waals surface area contributed by atoms with Gasteiger partial charge in [-0.3, -0.25) is 0 Å². The molecule has 0 bridgehead atoms. The molecule has 3 aromatic rings. The Morgan fingerprint density at radius 1 is 1.15 bits per heavy atom. The molecule has 0 amide bonds. The van der Waals surface area contributed by atoms with Crippen molar-refractivity contribution in [2.24, 2.45) is 5.73 Å². The van der Waals surface area contributed by atoms with Gasteiger partial charge < -0.3 is 21.4 Å². The van der Waals surface area contributed by atoms with Crippen molar-refractivity contribution in [1.82, 2.24) is 24.7 Å². The molecule has 0 radical (unpaired) electrons. The molecule has 2 aromatic heterocycles. The minimum atomic E-state index is 0.269. The molecule has 8 heteroatoms. The van der Waals surface area contributed by atoms with Crippen LogP contribution in [-0.2, 0) is 19.5 Å². The van der Waals surface area contributed by atoms with Gasteiger partial charge >= 0.3 is 0 Å². The first kappa shape index (κ1) is 17.4. The van der Waals surface area contributed by atoms with Gasteiger partial charge in [-0.25, -0.2) is 4.98 Å². The third kappa shape index (κ3) is 4.22. The van der Waals surface area contributed by atoms with Crippen LogP contribution in [-0.4, -0.2) is 30.8 Å². The van der Waals surface area contributed by atoms with Gasteiger partial charge in [-0.15, -0.1) is 10.2 Å². The zero-order valence-electron chi connectivity index (χ0n) is 15.1. The molecule has 1 aliphatic carbocycles. The van der Waals surface area contributed by atoms with Gasteiger partial charge in [-0.2, -0.15) is 4.98 Å². The molecule has 5 N–H and O–H groups in total. The lowest BCUT2D eigenvalue weighted by atomic mass is 9.78. The highest BCUT2D eigenvalue weighted by Crippen LogP contribution is 2.35. The van der Waals surface area contributed by atoms with E-state index in [4.69, 9.17) is 11.5 Å². The van der Waals surface area contributed by atoms with Crippen LogP contribution in [0.25, 0.3) is 0 Å². The molecular weight excluding hydrogens is 340 g/mol. The van der Waals surface area contributed by atoms with E-state index in [2.05, 4.69) is 54.3 Å². The number of nitrogens with two attached hydrogens (primary N) is 2. The maximum Gasteiger partial charge on any atom is 0.222 e. The molecule has 1 fully saturated rings. The van der Waals surface area contributed by atoms with Crippen LogP contribution in [0.3, 0.4) is 0 Å². The van der Waals surface area contributed by atoms with E-state index in [9.17, 15) is 0 Å². The Bertz CT molecular complexity index is 886. The maximum atomic E-state index is 5.88. The summed E-state index contributed by atoms with van der Waals surface area (Å²) in [5, 5.41) is 11.6. The van der Waals surface area contributed by atoms with Crippen molar-refractivity contribution in [1.29, 1.82) is 0 Å². The summed E-state index contributed by atoms with van der Waals surface area (Å²) in [6.45, 7) is 1.35. The zero-order chi connectivity index (χ0) is 18.6. The number of nitrogens with zero attached hydrogens (tertiary/aromatic N) is 5. The molecule has 0 saturated heterocycles. The van der Waals surface area contributed by atoms with Gasteiger partial charge in [0.25, 0.3) is 0 Å². The third-order valence-corrected chi connectivity index (χ3v) is 4.96. The molecule has 0 unspecified atom stereocenters. The second-order valence-corrected chi connectivity index (χ2v) is 6.99. The summed E-state index contributed by atoms with van der Waals surface area (Å²) in [4.78, 5) is 8.64. The molecule has 8 nitrogen and oxygen atoms in total. The number of benzene rings is 1. The fourth-order valence-corrected chi connectivity index (χ4v) is 3.35. The van der Waals surface area contributed by atoms with Gasteiger partial charge in [0.1, 0.15) is 12.1 Å². The summed E-state index contributed by atoms with van der Waals surface area (Å²) in [5.41, 5.74) is 14.0. The number of hydrogen-bond acceptors (Lipinski definition) is 7. The lowest BCUT2D eigenvalue weighted by Crippen LogP contribution is -2.35. The minimum Gasteiger partial charge on any atom is -0.368 e.